The van der Waals surface area contributed by atoms with E-state index >= 15 is 0 Å². The molecule has 0 aliphatic heterocycles. The van der Waals surface area contributed by atoms with Gasteiger partial charge in [-0.1, -0.05) is 55.5 Å². The summed E-state index contributed by atoms with van der Waals surface area (Å²) in [5.74, 6) is -0.260. The van der Waals surface area contributed by atoms with Crippen LogP contribution in [0.4, 0.5) is 0 Å². The Labute approximate surface area is 171 Å². The summed E-state index contributed by atoms with van der Waals surface area (Å²) >= 11 is 0. The molecular weight excluding hydrogens is 386 g/mol. The van der Waals surface area contributed by atoms with Crippen molar-refractivity contribution in [1.82, 2.24) is 4.98 Å². The van der Waals surface area contributed by atoms with Crippen LogP contribution in [0.2, 0.25) is 0 Å². The minimum Gasteiger partial charge on any atom is -0.441 e. The minimum atomic E-state index is -3.64. The number of carbonyl (C=O) groups is 1. The molecule has 3 rings (SSSR count). The summed E-state index contributed by atoms with van der Waals surface area (Å²) in [4.78, 5) is 16.8. The molecule has 1 aromatic heterocycles. The third-order valence-corrected chi connectivity index (χ3v) is 6.38. The first kappa shape index (κ1) is 21.0. The normalized spacial score (nSPS) is 12.7. The molecule has 0 fully saturated rings. The lowest BCUT2D eigenvalue weighted by atomic mass is 9.96. The highest BCUT2D eigenvalue weighted by atomic mass is 32.2. The minimum absolute atomic E-state index is 0.0275. The van der Waals surface area contributed by atoms with Gasteiger partial charge in [0.15, 0.2) is 9.84 Å². The van der Waals surface area contributed by atoms with Crippen molar-refractivity contribution in [3.63, 3.8) is 0 Å². The van der Waals surface area contributed by atoms with Crippen molar-refractivity contribution in [3.8, 4) is 11.5 Å². The molecule has 152 valence electrons. The predicted octanol–water partition coefficient (Wildman–Crippen LogP) is 4.64. The average molecular weight is 412 g/mol. The molecule has 1 unspecified atom stereocenters. The van der Waals surface area contributed by atoms with Gasteiger partial charge in [0.25, 0.3) is 0 Å². The molecule has 0 aliphatic rings. The Morgan fingerprint density at radius 3 is 2.38 bits per heavy atom. The molecule has 5 nitrogen and oxygen atoms in total. The molecule has 0 spiro atoms. The molecule has 1 heterocycles. The SMILES string of the molecule is Cc1ccccc1-c1nc(CS(=O)(=O)CC(=O)CC(C)c2ccccc2)c(C)o1. The number of hydrogen-bond donors (Lipinski definition) is 0. The van der Waals surface area contributed by atoms with Crippen LogP contribution in [0.15, 0.2) is 59.0 Å². The maximum atomic E-state index is 12.6. The molecule has 0 saturated heterocycles. The monoisotopic (exact) mass is 411 g/mol. The second kappa shape index (κ2) is 8.74. The molecule has 0 N–H and O–H groups in total. The van der Waals surface area contributed by atoms with Crippen LogP contribution in [0.5, 0.6) is 0 Å². The quantitative estimate of drug-likeness (QED) is 0.540. The van der Waals surface area contributed by atoms with Crippen molar-refractivity contribution >= 4 is 15.6 Å². The van der Waals surface area contributed by atoms with Gasteiger partial charge in [0.1, 0.15) is 17.3 Å². The summed E-state index contributed by atoms with van der Waals surface area (Å²) < 4.78 is 30.9. The maximum Gasteiger partial charge on any atom is 0.226 e. The number of hydrogen-bond acceptors (Lipinski definition) is 5. The first-order valence-corrected chi connectivity index (χ1v) is 11.4. The van der Waals surface area contributed by atoms with Crippen LogP contribution in [0.25, 0.3) is 11.5 Å². The standard InChI is InChI=1S/C23H25NO4S/c1-16-9-7-8-12-21(16)23-24-22(18(3)28-23)15-29(26,27)14-20(25)13-17(2)19-10-5-4-6-11-19/h4-12,17H,13-15H2,1-3H3. The van der Waals surface area contributed by atoms with Crippen LogP contribution < -0.4 is 0 Å². The molecule has 0 bridgehead atoms. The van der Waals surface area contributed by atoms with Gasteiger partial charge in [0.2, 0.25) is 5.89 Å². The number of rotatable bonds is 8. The second-order valence-corrected chi connectivity index (χ2v) is 9.49. The largest absolute Gasteiger partial charge is 0.441 e. The topological polar surface area (TPSA) is 77.2 Å². The zero-order valence-electron chi connectivity index (χ0n) is 16.9. The van der Waals surface area contributed by atoms with E-state index in [0.717, 1.165) is 16.7 Å². The van der Waals surface area contributed by atoms with Crippen molar-refractivity contribution in [2.45, 2.75) is 38.9 Å². The highest BCUT2D eigenvalue weighted by Crippen LogP contribution is 2.26. The van der Waals surface area contributed by atoms with Crippen molar-refractivity contribution < 1.29 is 17.6 Å². The van der Waals surface area contributed by atoms with E-state index < -0.39 is 15.6 Å². The molecule has 6 heteroatoms. The fraction of sp³-hybridized carbons (Fsp3) is 0.304. The predicted molar refractivity (Wildman–Crippen MR) is 113 cm³/mol. The number of carbonyl (C=O) groups excluding carboxylic acids is 1. The number of oxazole rings is 1. The number of sulfone groups is 1. The van der Waals surface area contributed by atoms with Crippen molar-refractivity contribution in [3.05, 3.63) is 77.2 Å². The Bertz CT molecular complexity index is 1100. The maximum absolute atomic E-state index is 12.6. The molecular formula is C23H25NO4S. The Balaban J connectivity index is 1.68. The van der Waals surface area contributed by atoms with Gasteiger partial charge < -0.3 is 4.42 Å². The van der Waals surface area contributed by atoms with Crippen LogP contribution in [-0.4, -0.2) is 24.9 Å². The Kier molecular flexibility index (Phi) is 6.33. The number of aryl methyl sites for hydroxylation is 2. The summed E-state index contributed by atoms with van der Waals surface area (Å²) in [6.07, 6.45) is 0.190. The highest BCUT2D eigenvalue weighted by Gasteiger charge is 2.23. The highest BCUT2D eigenvalue weighted by molar-refractivity contribution is 7.91. The summed E-state index contributed by atoms with van der Waals surface area (Å²) in [6, 6.07) is 17.2. The van der Waals surface area contributed by atoms with E-state index in [1.54, 1.807) is 6.92 Å². The number of ketones is 1. The van der Waals surface area contributed by atoms with Crippen molar-refractivity contribution in [2.75, 3.05) is 5.75 Å². The van der Waals surface area contributed by atoms with Gasteiger partial charge in [-0.05, 0) is 37.0 Å². The zero-order chi connectivity index (χ0) is 21.0. The van der Waals surface area contributed by atoms with Crippen LogP contribution in [0.3, 0.4) is 0 Å². The van der Waals surface area contributed by atoms with E-state index in [9.17, 15) is 13.2 Å². The molecule has 29 heavy (non-hydrogen) atoms. The molecule has 0 amide bonds. The number of nitrogens with zero attached hydrogens (tertiary/aromatic N) is 1. The van der Waals surface area contributed by atoms with Crippen molar-refractivity contribution in [1.29, 1.82) is 0 Å². The van der Waals surface area contributed by atoms with Gasteiger partial charge >= 0.3 is 0 Å². The molecule has 0 radical (unpaired) electrons. The lowest BCUT2D eigenvalue weighted by Gasteiger charge is -2.11. The van der Waals surface area contributed by atoms with Crippen LogP contribution in [0, 0.1) is 13.8 Å². The van der Waals surface area contributed by atoms with Crippen LogP contribution in [-0.2, 0) is 20.4 Å². The fourth-order valence-corrected chi connectivity index (χ4v) is 4.69. The van der Waals surface area contributed by atoms with E-state index in [1.165, 1.54) is 0 Å². The van der Waals surface area contributed by atoms with Gasteiger partial charge in [-0.15, -0.1) is 0 Å². The summed E-state index contributed by atoms with van der Waals surface area (Å²) in [6.45, 7) is 5.56. The summed E-state index contributed by atoms with van der Waals surface area (Å²) in [5, 5.41) is 0. The van der Waals surface area contributed by atoms with Gasteiger partial charge in [-0.3, -0.25) is 4.79 Å². The van der Waals surface area contributed by atoms with Gasteiger partial charge in [-0.2, -0.15) is 0 Å². The van der Waals surface area contributed by atoms with Crippen molar-refractivity contribution in [2.24, 2.45) is 0 Å². The second-order valence-electron chi connectivity index (χ2n) is 7.42. The Morgan fingerprint density at radius 2 is 1.69 bits per heavy atom. The molecule has 0 aliphatic carbocycles. The Hall–Kier alpha value is -2.73. The third-order valence-electron chi connectivity index (χ3n) is 4.91. The Morgan fingerprint density at radius 1 is 1.03 bits per heavy atom. The number of benzene rings is 2. The zero-order valence-corrected chi connectivity index (χ0v) is 17.7. The van der Waals surface area contributed by atoms with E-state index in [-0.39, 0.29) is 23.9 Å². The van der Waals surface area contributed by atoms with Gasteiger partial charge in [-0.25, -0.2) is 13.4 Å². The van der Waals surface area contributed by atoms with E-state index in [1.807, 2.05) is 68.4 Å². The average Bonchev–Trinajstić information content (AvgIpc) is 3.01. The first-order valence-electron chi connectivity index (χ1n) is 9.54. The molecule has 0 saturated carbocycles. The van der Waals surface area contributed by atoms with E-state index in [0.29, 0.717) is 17.3 Å². The number of Topliss-reactive ketones (excluding diaryl/α,β-unsaturated/α-hetero) is 1. The first-order chi connectivity index (χ1) is 13.7. The third kappa shape index (κ3) is 5.41. The fourth-order valence-electron chi connectivity index (χ4n) is 3.29. The van der Waals surface area contributed by atoms with Gasteiger partial charge in [0.05, 0.1) is 11.4 Å². The molecule has 1 atom stereocenters. The van der Waals surface area contributed by atoms with Crippen LogP contribution in [0.1, 0.15) is 41.8 Å². The van der Waals surface area contributed by atoms with Crippen LogP contribution >= 0.6 is 0 Å². The smallest absolute Gasteiger partial charge is 0.226 e. The van der Waals surface area contributed by atoms with Gasteiger partial charge in [0, 0.05) is 12.0 Å². The van der Waals surface area contributed by atoms with E-state index in [4.69, 9.17) is 4.42 Å². The van der Waals surface area contributed by atoms with E-state index in [2.05, 4.69) is 4.98 Å². The summed E-state index contributed by atoms with van der Waals surface area (Å²) in [7, 11) is -3.64. The number of aromatic nitrogens is 1. The molecule has 2 aromatic carbocycles. The lowest BCUT2D eigenvalue weighted by Crippen LogP contribution is -2.19. The molecule has 3 aromatic rings. The summed E-state index contributed by atoms with van der Waals surface area (Å²) in [5.41, 5.74) is 3.20. The lowest BCUT2D eigenvalue weighted by molar-refractivity contribution is -0.117.